The molecule has 1 unspecified atom stereocenters. The zero-order valence-corrected chi connectivity index (χ0v) is 14.5. The standard InChI is InChI=1S/C19H28N2O2/c1-18(2,3)23-17(22)21-12-10-19(15-21)9-11-20(14-19)13-16-7-5-4-6-8-16/h4-8H,9-15H2,1-3H3. The highest BCUT2D eigenvalue weighted by atomic mass is 16.6. The van der Waals surface area contributed by atoms with Crippen molar-refractivity contribution in [3.05, 3.63) is 35.9 Å². The second kappa shape index (κ2) is 6.16. The van der Waals surface area contributed by atoms with E-state index in [1.165, 1.54) is 12.0 Å². The molecule has 1 aromatic rings. The van der Waals surface area contributed by atoms with Crippen LogP contribution in [-0.4, -0.2) is 47.7 Å². The summed E-state index contributed by atoms with van der Waals surface area (Å²) in [4.78, 5) is 16.7. The minimum Gasteiger partial charge on any atom is -0.444 e. The zero-order valence-electron chi connectivity index (χ0n) is 14.5. The van der Waals surface area contributed by atoms with Crippen LogP contribution < -0.4 is 0 Å². The van der Waals surface area contributed by atoms with E-state index >= 15 is 0 Å². The van der Waals surface area contributed by atoms with Gasteiger partial charge < -0.3 is 9.64 Å². The molecular weight excluding hydrogens is 288 g/mol. The molecule has 0 N–H and O–H groups in total. The molecule has 2 aliphatic rings. The molecule has 1 amide bonds. The molecule has 2 heterocycles. The Morgan fingerprint density at radius 2 is 1.83 bits per heavy atom. The summed E-state index contributed by atoms with van der Waals surface area (Å²) >= 11 is 0. The summed E-state index contributed by atoms with van der Waals surface area (Å²) in [5.74, 6) is 0. The predicted octanol–water partition coefficient (Wildman–Crippen LogP) is 3.52. The first-order valence-electron chi connectivity index (χ1n) is 8.60. The Labute approximate surface area is 139 Å². The summed E-state index contributed by atoms with van der Waals surface area (Å²) in [6.45, 7) is 10.7. The first kappa shape index (κ1) is 16.3. The molecule has 0 radical (unpaired) electrons. The Kier molecular flexibility index (Phi) is 4.37. The van der Waals surface area contributed by atoms with Crippen molar-refractivity contribution in [3.8, 4) is 0 Å². The Morgan fingerprint density at radius 3 is 2.52 bits per heavy atom. The molecule has 3 rings (SSSR count). The quantitative estimate of drug-likeness (QED) is 0.837. The predicted molar refractivity (Wildman–Crippen MR) is 91.2 cm³/mol. The molecule has 2 saturated heterocycles. The lowest BCUT2D eigenvalue weighted by molar-refractivity contribution is 0.0274. The fourth-order valence-corrected chi connectivity index (χ4v) is 3.75. The maximum absolute atomic E-state index is 12.3. The lowest BCUT2D eigenvalue weighted by Crippen LogP contribution is -2.37. The van der Waals surface area contributed by atoms with E-state index in [1.54, 1.807) is 0 Å². The normalized spacial score (nSPS) is 25.3. The first-order chi connectivity index (χ1) is 10.9. The smallest absolute Gasteiger partial charge is 0.410 e. The van der Waals surface area contributed by atoms with Crippen molar-refractivity contribution in [3.63, 3.8) is 0 Å². The second-order valence-electron chi connectivity index (χ2n) is 8.10. The van der Waals surface area contributed by atoms with E-state index in [-0.39, 0.29) is 11.5 Å². The molecule has 2 aliphatic heterocycles. The number of rotatable bonds is 2. The number of amides is 1. The van der Waals surface area contributed by atoms with E-state index in [1.807, 2.05) is 25.7 Å². The molecule has 0 saturated carbocycles. The van der Waals surface area contributed by atoms with Crippen LogP contribution in [0.4, 0.5) is 4.79 Å². The summed E-state index contributed by atoms with van der Waals surface area (Å²) in [6, 6.07) is 10.6. The summed E-state index contributed by atoms with van der Waals surface area (Å²) < 4.78 is 5.52. The number of ether oxygens (including phenoxy) is 1. The van der Waals surface area contributed by atoms with E-state index in [2.05, 4.69) is 35.2 Å². The fourth-order valence-electron chi connectivity index (χ4n) is 3.75. The molecule has 23 heavy (non-hydrogen) atoms. The maximum Gasteiger partial charge on any atom is 0.410 e. The number of likely N-dealkylation sites (tertiary alicyclic amines) is 2. The molecule has 126 valence electrons. The molecule has 1 aromatic carbocycles. The van der Waals surface area contributed by atoms with Gasteiger partial charge in [0, 0.05) is 31.6 Å². The Bertz CT molecular complexity index is 552. The van der Waals surface area contributed by atoms with Gasteiger partial charge >= 0.3 is 6.09 Å². The van der Waals surface area contributed by atoms with Crippen LogP contribution in [-0.2, 0) is 11.3 Å². The number of carbonyl (C=O) groups is 1. The highest BCUT2D eigenvalue weighted by Crippen LogP contribution is 2.40. The van der Waals surface area contributed by atoms with Gasteiger partial charge in [0.15, 0.2) is 0 Å². The third kappa shape index (κ3) is 4.05. The average molecular weight is 316 g/mol. The van der Waals surface area contributed by atoms with Gasteiger partial charge in [-0.05, 0) is 45.7 Å². The minimum absolute atomic E-state index is 0.157. The third-order valence-corrected chi connectivity index (χ3v) is 4.86. The molecule has 0 bridgehead atoms. The van der Waals surface area contributed by atoms with Crippen LogP contribution in [0.1, 0.15) is 39.2 Å². The highest BCUT2D eigenvalue weighted by Gasteiger charge is 2.45. The molecule has 4 nitrogen and oxygen atoms in total. The maximum atomic E-state index is 12.3. The lowest BCUT2D eigenvalue weighted by Gasteiger charge is -2.27. The number of carbonyl (C=O) groups excluding carboxylic acids is 1. The minimum atomic E-state index is -0.415. The lowest BCUT2D eigenvalue weighted by atomic mass is 9.86. The number of nitrogens with zero attached hydrogens (tertiary/aromatic N) is 2. The van der Waals surface area contributed by atoms with Gasteiger partial charge in [-0.25, -0.2) is 4.79 Å². The average Bonchev–Trinajstić information content (AvgIpc) is 3.06. The van der Waals surface area contributed by atoms with E-state index in [4.69, 9.17) is 4.74 Å². The van der Waals surface area contributed by atoms with Gasteiger partial charge in [0.2, 0.25) is 0 Å². The number of hydrogen-bond donors (Lipinski definition) is 0. The van der Waals surface area contributed by atoms with Gasteiger partial charge in [0.05, 0.1) is 0 Å². The van der Waals surface area contributed by atoms with Gasteiger partial charge in [-0.2, -0.15) is 0 Å². The zero-order chi connectivity index (χ0) is 16.5. The van der Waals surface area contributed by atoms with Gasteiger partial charge in [-0.3, -0.25) is 4.90 Å². The summed E-state index contributed by atoms with van der Waals surface area (Å²) in [6.07, 6.45) is 2.12. The van der Waals surface area contributed by atoms with Crippen molar-refractivity contribution in [2.45, 2.75) is 45.8 Å². The van der Waals surface area contributed by atoms with Crippen LogP contribution in [0.3, 0.4) is 0 Å². The monoisotopic (exact) mass is 316 g/mol. The Balaban J connectivity index is 1.55. The molecule has 4 heteroatoms. The third-order valence-electron chi connectivity index (χ3n) is 4.86. The second-order valence-corrected chi connectivity index (χ2v) is 8.10. The van der Waals surface area contributed by atoms with Crippen molar-refractivity contribution in [1.29, 1.82) is 0 Å². The van der Waals surface area contributed by atoms with E-state index in [0.717, 1.165) is 39.1 Å². The first-order valence-corrected chi connectivity index (χ1v) is 8.60. The highest BCUT2D eigenvalue weighted by molar-refractivity contribution is 5.68. The van der Waals surface area contributed by atoms with Crippen LogP contribution >= 0.6 is 0 Å². The largest absolute Gasteiger partial charge is 0.444 e. The molecule has 1 atom stereocenters. The van der Waals surface area contributed by atoms with Crippen molar-refractivity contribution in [1.82, 2.24) is 9.80 Å². The van der Waals surface area contributed by atoms with Crippen molar-refractivity contribution < 1.29 is 9.53 Å². The summed E-state index contributed by atoms with van der Waals surface area (Å²) in [7, 11) is 0. The fraction of sp³-hybridized carbons (Fsp3) is 0.632. The number of benzene rings is 1. The number of hydrogen-bond acceptors (Lipinski definition) is 3. The van der Waals surface area contributed by atoms with Gasteiger partial charge in [0.1, 0.15) is 5.60 Å². The van der Waals surface area contributed by atoms with Gasteiger partial charge in [0.25, 0.3) is 0 Å². The Morgan fingerprint density at radius 1 is 1.13 bits per heavy atom. The van der Waals surface area contributed by atoms with Crippen molar-refractivity contribution in [2.75, 3.05) is 26.2 Å². The van der Waals surface area contributed by atoms with Crippen LogP contribution in [0.15, 0.2) is 30.3 Å². The topological polar surface area (TPSA) is 32.8 Å². The molecule has 2 fully saturated rings. The van der Waals surface area contributed by atoms with Crippen LogP contribution in [0.2, 0.25) is 0 Å². The van der Waals surface area contributed by atoms with E-state index < -0.39 is 5.60 Å². The Hall–Kier alpha value is -1.55. The molecule has 0 aliphatic carbocycles. The summed E-state index contributed by atoms with van der Waals surface area (Å²) in [5.41, 5.74) is 1.22. The van der Waals surface area contributed by atoms with Crippen molar-refractivity contribution in [2.24, 2.45) is 5.41 Å². The molecule has 1 spiro atoms. The van der Waals surface area contributed by atoms with Crippen LogP contribution in [0.5, 0.6) is 0 Å². The van der Waals surface area contributed by atoms with E-state index in [9.17, 15) is 4.79 Å². The molecular formula is C19H28N2O2. The van der Waals surface area contributed by atoms with Gasteiger partial charge in [-0.1, -0.05) is 30.3 Å². The van der Waals surface area contributed by atoms with Crippen LogP contribution in [0.25, 0.3) is 0 Å². The van der Waals surface area contributed by atoms with Crippen LogP contribution in [0, 0.1) is 5.41 Å². The van der Waals surface area contributed by atoms with E-state index in [0.29, 0.717) is 0 Å². The molecule has 0 aromatic heterocycles. The summed E-state index contributed by atoms with van der Waals surface area (Å²) in [5, 5.41) is 0. The van der Waals surface area contributed by atoms with Crippen molar-refractivity contribution >= 4 is 6.09 Å². The SMILES string of the molecule is CC(C)(C)OC(=O)N1CCC2(CCN(Cc3ccccc3)C2)C1. The van der Waals surface area contributed by atoms with Gasteiger partial charge in [-0.15, -0.1) is 0 Å².